The first-order valence-electron chi connectivity index (χ1n) is 15.8. The van der Waals surface area contributed by atoms with Crippen molar-refractivity contribution >= 4 is 25.5 Å². The van der Waals surface area contributed by atoms with E-state index < -0.39 is 53.5 Å². The summed E-state index contributed by atoms with van der Waals surface area (Å²) in [6, 6.07) is 9.97. The van der Waals surface area contributed by atoms with E-state index in [0.29, 0.717) is 16.7 Å². The molecule has 0 bridgehead atoms. The molecule has 0 spiro atoms. The molecule has 1 saturated heterocycles. The van der Waals surface area contributed by atoms with Crippen molar-refractivity contribution in [3.63, 3.8) is 0 Å². The van der Waals surface area contributed by atoms with Crippen LogP contribution in [0.2, 0.25) is 0 Å². The van der Waals surface area contributed by atoms with Gasteiger partial charge in [-0.05, 0) is 109 Å². The molecule has 2 amide bonds. The van der Waals surface area contributed by atoms with Crippen molar-refractivity contribution in [1.82, 2.24) is 9.80 Å². The second-order valence-corrected chi connectivity index (χ2v) is 16.7. The van der Waals surface area contributed by atoms with Gasteiger partial charge in [0.15, 0.2) is 5.16 Å². The van der Waals surface area contributed by atoms with Crippen LogP contribution in [0.1, 0.15) is 73.3 Å². The predicted octanol–water partition coefficient (Wildman–Crippen LogP) is 7.93. The highest BCUT2D eigenvalue weighted by Crippen LogP contribution is 2.63. The molecule has 3 rings (SSSR count). The van der Waals surface area contributed by atoms with Gasteiger partial charge >= 0.3 is 18.2 Å². The summed E-state index contributed by atoms with van der Waals surface area (Å²) in [6.07, 6.45) is -1.50. The summed E-state index contributed by atoms with van der Waals surface area (Å²) in [7, 11) is -3.74. The van der Waals surface area contributed by atoms with E-state index in [-0.39, 0.29) is 58.2 Å². The highest BCUT2D eigenvalue weighted by molar-refractivity contribution is 7.62. The minimum atomic E-state index is -3.74. The third-order valence-electron chi connectivity index (χ3n) is 7.63. The van der Waals surface area contributed by atoms with Crippen LogP contribution in [0.3, 0.4) is 0 Å². The van der Waals surface area contributed by atoms with E-state index in [4.69, 9.17) is 14.0 Å². The SMILES string of the molecule is CCOP1(=O)CCN(Cc2ccc(F)cc2-c2cccc(F)c2)C[C@@]1(CCCCN(C(=O)OC(C)(C)C)C(=O)OC(C)(C)C)C(=O)O. The quantitative estimate of drug-likeness (QED) is 0.186. The molecule has 10 nitrogen and oxygen atoms in total. The number of carboxylic acid groups (broad SMARTS) is 1. The van der Waals surface area contributed by atoms with Crippen LogP contribution >= 0.6 is 7.37 Å². The Morgan fingerprint density at radius 2 is 1.57 bits per heavy atom. The van der Waals surface area contributed by atoms with Crippen molar-refractivity contribution in [3.05, 3.63) is 59.7 Å². The van der Waals surface area contributed by atoms with Crippen LogP contribution in [0.5, 0.6) is 0 Å². The molecule has 2 atom stereocenters. The summed E-state index contributed by atoms with van der Waals surface area (Å²) < 4.78 is 59.2. The Balaban J connectivity index is 1.86. The number of imide groups is 1. The van der Waals surface area contributed by atoms with E-state index in [1.807, 2.05) is 4.90 Å². The number of carbonyl (C=O) groups excluding carboxylic acids is 2. The summed E-state index contributed by atoms with van der Waals surface area (Å²) in [5, 5.41) is 8.86. The molecule has 1 N–H and O–H groups in total. The molecule has 0 aliphatic carbocycles. The molecule has 1 fully saturated rings. The number of aliphatic carboxylic acids is 1. The highest BCUT2D eigenvalue weighted by atomic mass is 31.2. The van der Waals surface area contributed by atoms with Gasteiger partial charge in [-0.15, -0.1) is 0 Å². The number of carboxylic acids is 1. The monoisotopic (exact) mass is 680 g/mol. The van der Waals surface area contributed by atoms with Crippen molar-refractivity contribution in [3.8, 4) is 11.1 Å². The standard InChI is InChI=1S/C34H47F2N2O8P/c1-8-44-47(43)19-18-37(22-25-14-15-27(36)21-28(25)24-12-11-13-26(35)20-24)23-34(47,29(39)40)16-9-10-17-38(30(41)45-32(2,3)4)31(42)46-33(5,6)7/h11-15,20-21H,8-10,16-19,22-23H2,1-7H3,(H,39,40)/t34-,47?/m0/s1. The lowest BCUT2D eigenvalue weighted by atomic mass is 9.97. The molecule has 1 aliphatic rings. The number of hydrogen-bond donors (Lipinski definition) is 1. The van der Waals surface area contributed by atoms with Crippen molar-refractivity contribution in [1.29, 1.82) is 0 Å². The molecular formula is C34H47F2N2O8P. The van der Waals surface area contributed by atoms with Gasteiger partial charge in [0.1, 0.15) is 22.8 Å². The van der Waals surface area contributed by atoms with Gasteiger partial charge < -0.3 is 19.1 Å². The Morgan fingerprint density at radius 1 is 0.957 bits per heavy atom. The first-order chi connectivity index (χ1) is 21.8. The summed E-state index contributed by atoms with van der Waals surface area (Å²) in [5.74, 6) is -2.26. The average Bonchev–Trinajstić information content (AvgIpc) is 2.93. The number of amides is 2. The Bertz CT molecular complexity index is 1460. The van der Waals surface area contributed by atoms with Crippen LogP contribution in [0.25, 0.3) is 11.1 Å². The van der Waals surface area contributed by atoms with Crippen LogP contribution < -0.4 is 0 Å². The second-order valence-electron chi connectivity index (χ2n) is 13.7. The number of hydrogen-bond acceptors (Lipinski definition) is 8. The minimum absolute atomic E-state index is 0.0222. The number of halogens is 2. The van der Waals surface area contributed by atoms with Crippen LogP contribution in [0, 0.1) is 11.6 Å². The Labute approximate surface area is 275 Å². The van der Waals surface area contributed by atoms with E-state index >= 15 is 0 Å². The smallest absolute Gasteiger partial charge is 0.419 e. The zero-order valence-corrected chi connectivity index (χ0v) is 29.2. The topological polar surface area (TPSA) is 123 Å². The summed E-state index contributed by atoms with van der Waals surface area (Å²) in [6.45, 7) is 11.9. The molecular weight excluding hydrogens is 633 g/mol. The van der Waals surface area contributed by atoms with E-state index in [2.05, 4.69) is 0 Å². The molecule has 47 heavy (non-hydrogen) atoms. The van der Waals surface area contributed by atoms with Crippen molar-refractivity contribution < 1.29 is 46.8 Å². The Morgan fingerprint density at radius 3 is 2.13 bits per heavy atom. The van der Waals surface area contributed by atoms with Crippen LogP contribution in [-0.4, -0.2) is 81.8 Å². The van der Waals surface area contributed by atoms with Crippen molar-refractivity contribution in [2.75, 3.05) is 32.4 Å². The zero-order chi connectivity index (χ0) is 35.2. The van der Waals surface area contributed by atoms with E-state index in [1.54, 1.807) is 60.6 Å². The van der Waals surface area contributed by atoms with Gasteiger partial charge in [0, 0.05) is 32.3 Å². The normalized spacial score (nSPS) is 20.4. The van der Waals surface area contributed by atoms with Crippen LogP contribution in [-0.2, 0) is 29.9 Å². The molecule has 1 heterocycles. The number of benzene rings is 2. The first-order valence-corrected chi connectivity index (χ1v) is 17.6. The maximum atomic E-state index is 14.3. The molecule has 2 aromatic rings. The lowest BCUT2D eigenvalue weighted by Gasteiger charge is -2.45. The fourth-order valence-electron chi connectivity index (χ4n) is 5.58. The molecule has 1 aliphatic heterocycles. The van der Waals surface area contributed by atoms with Gasteiger partial charge in [0.25, 0.3) is 0 Å². The van der Waals surface area contributed by atoms with Crippen molar-refractivity contribution in [2.45, 2.75) is 90.6 Å². The fraction of sp³-hybridized carbons (Fsp3) is 0.559. The third-order valence-corrected chi connectivity index (χ3v) is 11.0. The number of ether oxygens (including phenoxy) is 2. The third kappa shape index (κ3) is 10.1. The number of rotatable bonds is 11. The molecule has 1 unspecified atom stereocenters. The minimum Gasteiger partial charge on any atom is -0.480 e. The van der Waals surface area contributed by atoms with E-state index in [1.165, 1.54) is 30.3 Å². The van der Waals surface area contributed by atoms with Gasteiger partial charge in [0.2, 0.25) is 7.37 Å². The van der Waals surface area contributed by atoms with Gasteiger partial charge in [-0.2, -0.15) is 0 Å². The lowest BCUT2D eigenvalue weighted by Crippen LogP contribution is -2.54. The predicted molar refractivity (Wildman–Crippen MR) is 175 cm³/mol. The fourth-order valence-corrected chi connectivity index (χ4v) is 8.55. The van der Waals surface area contributed by atoms with Gasteiger partial charge in [-0.1, -0.05) is 18.2 Å². The number of unbranched alkanes of at least 4 members (excludes halogenated alkanes) is 1. The maximum absolute atomic E-state index is 14.3. The number of carbonyl (C=O) groups is 3. The van der Waals surface area contributed by atoms with Gasteiger partial charge in [-0.25, -0.2) is 23.3 Å². The maximum Gasteiger partial charge on any atom is 0.419 e. The van der Waals surface area contributed by atoms with Crippen LogP contribution in [0.15, 0.2) is 42.5 Å². The zero-order valence-electron chi connectivity index (χ0n) is 28.3. The molecule has 0 radical (unpaired) electrons. The Kier molecular flexibility index (Phi) is 12.4. The molecule has 0 aromatic heterocycles. The summed E-state index contributed by atoms with van der Waals surface area (Å²) in [4.78, 5) is 41.6. The molecule has 0 saturated carbocycles. The van der Waals surface area contributed by atoms with Gasteiger partial charge in [-0.3, -0.25) is 14.3 Å². The molecule has 13 heteroatoms. The summed E-state index contributed by atoms with van der Waals surface area (Å²) in [5.41, 5.74) is -0.164. The second kappa shape index (κ2) is 15.3. The van der Waals surface area contributed by atoms with Crippen LogP contribution in [0.4, 0.5) is 18.4 Å². The van der Waals surface area contributed by atoms with E-state index in [0.717, 1.165) is 4.90 Å². The van der Waals surface area contributed by atoms with Crippen molar-refractivity contribution in [2.24, 2.45) is 0 Å². The molecule has 260 valence electrons. The average molecular weight is 681 g/mol. The first kappa shape index (κ1) is 38.1. The van der Waals surface area contributed by atoms with E-state index in [9.17, 15) is 32.8 Å². The summed E-state index contributed by atoms with van der Waals surface area (Å²) >= 11 is 0. The highest BCUT2D eigenvalue weighted by Gasteiger charge is 2.58. The molecule has 2 aromatic carbocycles. The lowest BCUT2D eigenvalue weighted by molar-refractivity contribution is -0.141. The largest absolute Gasteiger partial charge is 0.480 e. The van der Waals surface area contributed by atoms with Gasteiger partial charge in [0.05, 0.1) is 6.61 Å². The number of nitrogens with zero attached hydrogens (tertiary/aromatic N) is 2. The Hall–Kier alpha value is -3.34.